The summed E-state index contributed by atoms with van der Waals surface area (Å²) in [5.41, 5.74) is 8.81. The van der Waals surface area contributed by atoms with E-state index in [9.17, 15) is 4.79 Å². The van der Waals surface area contributed by atoms with E-state index >= 15 is 0 Å². The smallest absolute Gasteiger partial charge is 0.353 e. The van der Waals surface area contributed by atoms with E-state index in [0.717, 1.165) is 11.1 Å². The molecule has 0 saturated carbocycles. The van der Waals surface area contributed by atoms with Gasteiger partial charge in [0.25, 0.3) is 0 Å². The maximum absolute atomic E-state index is 12.7. The molecule has 0 aliphatic heterocycles. The quantitative estimate of drug-likeness (QED) is 0.557. The van der Waals surface area contributed by atoms with E-state index in [1.807, 2.05) is 31.2 Å². The average molecular weight is 358 g/mol. The van der Waals surface area contributed by atoms with Crippen LogP contribution in [0.5, 0.6) is 0 Å². The lowest BCUT2D eigenvalue weighted by molar-refractivity contribution is 0.658. The van der Waals surface area contributed by atoms with E-state index in [0.29, 0.717) is 35.7 Å². The van der Waals surface area contributed by atoms with Crippen molar-refractivity contribution in [1.29, 1.82) is 0 Å². The van der Waals surface area contributed by atoms with Gasteiger partial charge in [0.2, 0.25) is 5.95 Å². The van der Waals surface area contributed by atoms with Crippen molar-refractivity contribution in [3.8, 4) is 0 Å². The minimum absolute atomic E-state index is 0.0827. The summed E-state index contributed by atoms with van der Waals surface area (Å²) < 4.78 is 4.36. The van der Waals surface area contributed by atoms with Crippen LogP contribution in [-0.2, 0) is 13.1 Å². The number of fused-ring (bicyclic) bond motifs is 3. The topological polar surface area (TPSA) is 96.0 Å². The Morgan fingerprint density at radius 3 is 2.84 bits per heavy atom. The van der Waals surface area contributed by atoms with Gasteiger partial charge in [0.05, 0.1) is 24.7 Å². The van der Waals surface area contributed by atoms with Gasteiger partial charge < -0.3 is 5.73 Å². The van der Waals surface area contributed by atoms with Crippen LogP contribution in [0.1, 0.15) is 11.1 Å². The molecule has 3 aromatic heterocycles. The van der Waals surface area contributed by atoms with Crippen LogP contribution < -0.4 is 11.4 Å². The molecule has 0 radical (unpaired) electrons. The van der Waals surface area contributed by atoms with Gasteiger partial charge in [-0.3, -0.25) is 0 Å². The van der Waals surface area contributed by atoms with E-state index in [1.54, 1.807) is 10.9 Å². The Morgan fingerprint density at radius 1 is 1.24 bits per heavy atom. The largest absolute Gasteiger partial charge is 0.369 e. The van der Waals surface area contributed by atoms with E-state index < -0.39 is 0 Å². The summed E-state index contributed by atoms with van der Waals surface area (Å²) in [5.74, 6) is 0.484. The summed E-state index contributed by atoms with van der Waals surface area (Å²) in [6, 6.07) is 7.94. The van der Waals surface area contributed by atoms with Crippen molar-refractivity contribution >= 4 is 34.2 Å². The second kappa shape index (κ2) is 5.89. The zero-order valence-electron chi connectivity index (χ0n) is 13.6. The molecular weight excluding hydrogens is 342 g/mol. The summed E-state index contributed by atoms with van der Waals surface area (Å²) >= 11 is 5.79. The first-order valence-electron chi connectivity index (χ1n) is 7.80. The number of aromatic nitrogens is 6. The highest BCUT2D eigenvalue weighted by Gasteiger charge is 2.17. The van der Waals surface area contributed by atoms with Crippen molar-refractivity contribution in [3.05, 3.63) is 52.1 Å². The Kier molecular flexibility index (Phi) is 3.69. The minimum Gasteiger partial charge on any atom is -0.369 e. The van der Waals surface area contributed by atoms with Crippen molar-refractivity contribution in [1.82, 2.24) is 28.9 Å². The van der Waals surface area contributed by atoms with E-state index in [4.69, 9.17) is 17.3 Å². The fourth-order valence-electron chi connectivity index (χ4n) is 2.93. The second-order valence-corrected chi connectivity index (χ2v) is 6.23. The van der Waals surface area contributed by atoms with E-state index in [2.05, 4.69) is 15.2 Å². The highest BCUT2D eigenvalue weighted by Crippen LogP contribution is 2.18. The molecular formula is C16H16ClN7O. The number of anilines is 1. The van der Waals surface area contributed by atoms with Gasteiger partial charge in [-0.1, -0.05) is 29.8 Å². The van der Waals surface area contributed by atoms with Gasteiger partial charge in [-0.05, 0) is 12.5 Å². The van der Waals surface area contributed by atoms with Gasteiger partial charge in [-0.25, -0.2) is 18.6 Å². The maximum atomic E-state index is 12.7. The van der Waals surface area contributed by atoms with Crippen LogP contribution in [0.15, 0.2) is 35.3 Å². The second-order valence-electron chi connectivity index (χ2n) is 5.85. The van der Waals surface area contributed by atoms with Crippen LogP contribution in [0.2, 0.25) is 0 Å². The van der Waals surface area contributed by atoms with Crippen LogP contribution in [0.4, 0.5) is 5.95 Å². The van der Waals surface area contributed by atoms with Gasteiger partial charge in [-0.15, -0.1) is 16.7 Å². The lowest BCUT2D eigenvalue weighted by Gasteiger charge is -2.01. The predicted octanol–water partition coefficient (Wildman–Crippen LogP) is 1.42. The Labute approximate surface area is 147 Å². The predicted molar refractivity (Wildman–Crippen MR) is 96.0 cm³/mol. The third-order valence-corrected chi connectivity index (χ3v) is 4.22. The molecule has 8 nitrogen and oxygen atoms in total. The number of alkyl halides is 1. The summed E-state index contributed by atoms with van der Waals surface area (Å²) in [5, 5.41) is 9.39. The van der Waals surface area contributed by atoms with Crippen molar-refractivity contribution in [2.24, 2.45) is 0 Å². The SMILES string of the molecule is Cc1cccc(Cn2nc3c4cnn(CCCl)c4nc(N)n3c2=O)c1. The Hall–Kier alpha value is -2.87. The fourth-order valence-corrected chi connectivity index (χ4v) is 3.09. The first-order chi connectivity index (χ1) is 12.1. The maximum Gasteiger partial charge on any atom is 0.353 e. The van der Waals surface area contributed by atoms with Crippen LogP contribution in [0, 0.1) is 6.92 Å². The molecule has 128 valence electrons. The molecule has 1 aromatic carbocycles. The summed E-state index contributed by atoms with van der Waals surface area (Å²) in [6.45, 7) is 2.87. The van der Waals surface area contributed by atoms with Gasteiger partial charge in [0.15, 0.2) is 11.3 Å². The van der Waals surface area contributed by atoms with Crippen molar-refractivity contribution in [2.45, 2.75) is 20.0 Å². The Morgan fingerprint density at radius 2 is 2.08 bits per heavy atom. The van der Waals surface area contributed by atoms with Gasteiger partial charge in [0.1, 0.15) is 0 Å². The Balaban J connectivity index is 1.90. The number of nitrogens with zero attached hydrogens (tertiary/aromatic N) is 6. The average Bonchev–Trinajstić information content (AvgIpc) is 3.11. The highest BCUT2D eigenvalue weighted by molar-refractivity contribution is 6.17. The minimum atomic E-state index is -0.325. The number of halogens is 1. The zero-order chi connectivity index (χ0) is 17.6. The molecule has 0 aliphatic rings. The summed E-state index contributed by atoms with van der Waals surface area (Å²) in [7, 11) is 0. The Bertz CT molecular complexity index is 1140. The van der Waals surface area contributed by atoms with Gasteiger partial charge in [-0.2, -0.15) is 10.1 Å². The van der Waals surface area contributed by atoms with Crippen molar-refractivity contribution in [2.75, 3.05) is 11.6 Å². The zero-order valence-corrected chi connectivity index (χ0v) is 14.3. The van der Waals surface area contributed by atoms with Crippen LogP contribution in [-0.4, -0.2) is 34.8 Å². The van der Waals surface area contributed by atoms with Crippen molar-refractivity contribution < 1.29 is 0 Å². The first-order valence-corrected chi connectivity index (χ1v) is 8.34. The third-order valence-electron chi connectivity index (χ3n) is 4.05. The summed E-state index contributed by atoms with van der Waals surface area (Å²) in [4.78, 5) is 17.0. The van der Waals surface area contributed by atoms with Crippen LogP contribution >= 0.6 is 11.6 Å². The number of hydrogen-bond acceptors (Lipinski definition) is 5. The lowest BCUT2D eigenvalue weighted by atomic mass is 10.1. The molecule has 0 saturated heterocycles. The highest BCUT2D eigenvalue weighted by atomic mass is 35.5. The molecule has 0 fully saturated rings. The summed E-state index contributed by atoms with van der Waals surface area (Å²) in [6.07, 6.45) is 1.63. The first kappa shape index (κ1) is 15.6. The molecule has 0 unspecified atom stereocenters. The van der Waals surface area contributed by atoms with Crippen LogP contribution in [0.3, 0.4) is 0 Å². The van der Waals surface area contributed by atoms with E-state index in [-0.39, 0.29) is 11.6 Å². The molecule has 0 atom stereocenters. The molecule has 2 N–H and O–H groups in total. The number of nitrogen functional groups attached to an aromatic ring is 1. The van der Waals surface area contributed by atoms with Gasteiger partial charge in [0, 0.05) is 5.88 Å². The van der Waals surface area contributed by atoms with E-state index in [1.165, 1.54) is 9.08 Å². The number of hydrogen-bond donors (Lipinski definition) is 1. The third kappa shape index (κ3) is 2.54. The molecule has 0 spiro atoms. The molecule has 25 heavy (non-hydrogen) atoms. The van der Waals surface area contributed by atoms with Gasteiger partial charge >= 0.3 is 5.69 Å². The molecule has 3 heterocycles. The number of rotatable bonds is 4. The number of benzene rings is 1. The normalized spacial score (nSPS) is 11.6. The van der Waals surface area contributed by atoms with Crippen molar-refractivity contribution in [3.63, 3.8) is 0 Å². The number of nitrogens with two attached hydrogens (primary N) is 1. The number of aryl methyl sites for hydroxylation is 2. The molecule has 0 bridgehead atoms. The molecule has 9 heteroatoms. The fraction of sp³-hybridized carbons (Fsp3) is 0.250. The lowest BCUT2D eigenvalue weighted by Crippen LogP contribution is -2.23. The molecule has 0 aliphatic carbocycles. The molecule has 4 rings (SSSR count). The van der Waals surface area contributed by atoms with Crippen LogP contribution in [0.25, 0.3) is 16.7 Å². The monoisotopic (exact) mass is 357 g/mol. The standard InChI is InChI=1S/C16H16ClN7O/c1-10-3-2-4-11(7-10)9-23-16(25)24-14(21-23)12-8-19-22(6-5-17)13(12)20-15(24)18/h2-4,7-8H,5-6,9H2,1H3,(H2,18,20). The molecule has 4 aromatic rings. The molecule has 0 amide bonds.